The Kier molecular flexibility index (Phi) is 8.48. The first-order valence-corrected chi connectivity index (χ1v) is 11.0. The van der Waals surface area contributed by atoms with Crippen molar-refractivity contribution in [2.45, 2.75) is 12.5 Å². The minimum atomic E-state index is -0.892. The van der Waals surface area contributed by atoms with Crippen LogP contribution >= 0.6 is 0 Å². The molecule has 2 amide bonds. The molecule has 0 aliphatic rings. The van der Waals surface area contributed by atoms with Gasteiger partial charge in [-0.1, -0.05) is 30.3 Å². The smallest absolute Gasteiger partial charge is 0.255 e. The zero-order valence-corrected chi connectivity index (χ0v) is 19.6. The van der Waals surface area contributed by atoms with E-state index in [1.54, 1.807) is 56.6 Å². The monoisotopic (exact) mass is 474 g/mol. The zero-order valence-electron chi connectivity index (χ0n) is 19.6. The maximum absolute atomic E-state index is 13.5. The third kappa shape index (κ3) is 6.40. The molecule has 9 heteroatoms. The number of pyridine rings is 1. The second-order valence-corrected chi connectivity index (χ2v) is 8.05. The highest BCUT2D eigenvalue weighted by Gasteiger charge is 2.23. The lowest BCUT2D eigenvalue weighted by Crippen LogP contribution is -2.50. The molecule has 1 aromatic heterocycles. The van der Waals surface area contributed by atoms with Gasteiger partial charge in [0.2, 0.25) is 5.91 Å². The summed E-state index contributed by atoms with van der Waals surface area (Å²) < 4.78 is 13.5. The summed E-state index contributed by atoms with van der Waals surface area (Å²) in [4.78, 5) is 31.4. The lowest BCUT2D eigenvalue weighted by molar-refractivity contribution is -0.130. The first kappa shape index (κ1) is 25.3. The number of nitrogens with zero attached hydrogens (tertiary/aromatic N) is 3. The summed E-state index contributed by atoms with van der Waals surface area (Å²) in [5.74, 6) is -0.892. The number of carbonyl (C=O) groups is 2. The Morgan fingerprint density at radius 1 is 1.14 bits per heavy atom. The summed E-state index contributed by atoms with van der Waals surface area (Å²) in [5, 5.41) is 15.3. The quantitative estimate of drug-likeness (QED) is 0.438. The summed E-state index contributed by atoms with van der Waals surface area (Å²) >= 11 is 0. The molecule has 0 saturated heterocycles. The van der Waals surface area contributed by atoms with Crippen molar-refractivity contribution in [3.8, 4) is 17.3 Å². The van der Waals surface area contributed by atoms with Crippen molar-refractivity contribution in [2.24, 2.45) is 5.73 Å². The highest BCUT2D eigenvalue weighted by atomic mass is 19.1. The number of amides is 2. The van der Waals surface area contributed by atoms with Crippen LogP contribution in [0.1, 0.15) is 21.5 Å². The van der Waals surface area contributed by atoms with Crippen LogP contribution in [0.3, 0.4) is 0 Å². The SMILES string of the molecule is CN(C)C(=O)[C@H](CN)NC(=O)c1ccc(-c2ccccc2C#N)nc1NCCc1cccc(F)c1. The van der Waals surface area contributed by atoms with Crippen LogP contribution in [0.4, 0.5) is 10.2 Å². The molecule has 0 aliphatic heterocycles. The van der Waals surface area contributed by atoms with Crippen LogP contribution in [-0.2, 0) is 11.2 Å². The molecule has 180 valence electrons. The third-order valence-electron chi connectivity index (χ3n) is 5.34. The Balaban J connectivity index is 1.91. The highest BCUT2D eigenvalue weighted by Crippen LogP contribution is 2.25. The van der Waals surface area contributed by atoms with Crippen molar-refractivity contribution in [1.82, 2.24) is 15.2 Å². The molecule has 0 saturated carbocycles. The van der Waals surface area contributed by atoms with Gasteiger partial charge >= 0.3 is 0 Å². The summed E-state index contributed by atoms with van der Waals surface area (Å²) in [7, 11) is 3.17. The zero-order chi connectivity index (χ0) is 25.4. The molecule has 35 heavy (non-hydrogen) atoms. The molecule has 0 unspecified atom stereocenters. The molecule has 1 heterocycles. The van der Waals surface area contributed by atoms with Crippen LogP contribution in [0.5, 0.6) is 0 Å². The van der Waals surface area contributed by atoms with Gasteiger partial charge in [0.05, 0.1) is 22.9 Å². The number of benzene rings is 2. The van der Waals surface area contributed by atoms with E-state index in [1.165, 1.54) is 17.0 Å². The number of aromatic nitrogens is 1. The average molecular weight is 475 g/mol. The number of hydrogen-bond acceptors (Lipinski definition) is 6. The van der Waals surface area contributed by atoms with Crippen LogP contribution in [0.2, 0.25) is 0 Å². The van der Waals surface area contributed by atoms with Crippen LogP contribution < -0.4 is 16.4 Å². The standard InChI is InChI=1S/C26H27FN6O2/c1-33(2)26(35)23(16-29)32-25(34)21-10-11-22(20-9-4-3-7-18(20)15-28)31-24(21)30-13-12-17-6-5-8-19(27)14-17/h3-11,14,23H,12-13,16,29H2,1-2H3,(H,30,31)(H,32,34)/t23-/m0/s1. The Labute approximate surface area is 203 Å². The highest BCUT2D eigenvalue weighted by molar-refractivity contribution is 6.01. The van der Waals surface area contributed by atoms with Crippen LogP contribution in [-0.4, -0.2) is 54.9 Å². The van der Waals surface area contributed by atoms with E-state index in [0.717, 1.165) is 5.56 Å². The van der Waals surface area contributed by atoms with E-state index in [4.69, 9.17) is 5.73 Å². The van der Waals surface area contributed by atoms with Crippen molar-refractivity contribution < 1.29 is 14.0 Å². The molecular weight excluding hydrogens is 447 g/mol. The Morgan fingerprint density at radius 3 is 2.60 bits per heavy atom. The number of rotatable bonds is 9. The first-order chi connectivity index (χ1) is 16.8. The molecule has 3 aromatic rings. The van der Waals surface area contributed by atoms with Crippen molar-refractivity contribution in [3.05, 3.63) is 83.2 Å². The van der Waals surface area contributed by atoms with E-state index in [9.17, 15) is 19.2 Å². The van der Waals surface area contributed by atoms with Crippen molar-refractivity contribution in [2.75, 3.05) is 32.5 Å². The first-order valence-electron chi connectivity index (χ1n) is 11.0. The van der Waals surface area contributed by atoms with E-state index in [2.05, 4.69) is 21.7 Å². The summed E-state index contributed by atoms with van der Waals surface area (Å²) in [6, 6.07) is 17.8. The number of nitrogens with two attached hydrogens (primary N) is 1. The predicted molar refractivity (Wildman–Crippen MR) is 132 cm³/mol. The van der Waals surface area contributed by atoms with E-state index >= 15 is 0 Å². The fourth-order valence-electron chi connectivity index (χ4n) is 3.52. The molecule has 8 nitrogen and oxygen atoms in total. The average Bonchev–Trinajstić information content (AvgIpc) is 2.86. The topological polar surface area (TPSA) is 124 Å². The van der Waals surface area contributed by atoms with E-state index in [0.29, 0.717) is 29.8 Å². The predicted octanol–water partition coefficient (Wildman–Crippen LogP) is 2.56. The minimum Gasteiger partial charge on any atom is -0.369 e. The van der Waals surface area contributed by atoms with Crippen molar-refractivity contribution in [1.29, 1.82) is 5.26 Å². The molecule has 0 aliphatic carbocycles. The molecular formula is C26H27FN6O2. The fourth-order valence-corrected chi connectivity index (χ4v) is 3.52. The molecule has 1 atom stereocenters. The maximum atomic E-state index is 13.5. The van der Waals surface area contributed by atoms with Crippen molar-refractivity contribution >= 4 is 17.6 Å². The van der Waals surface area contributed by atoms with Gasteiger partial charge in [-0.25, -0.2) is 9.37 Å². The largest absolute Gasteiger partial charge is 0.369 e. The van der Waals surface area contributed by atoms with Gasteiger partial charge in [0.15, 0.2) is 0 Å². The Morgan fingerprint density at radius 2 is 1.91 bits per heavy atom. The van der Waals surface area contributed by atoms with Gasteiger partial charge in [-0.15, -0.1) is 0 Å². The number of nitrogens with one attached hydrogen (secondary N) is 2. The number of hydrogen-bond donors (Lipinski definition) is 3. The molecule has 4 N–H and O–H groups in total. The number of anilines is 1. The van der Waals surface area contributed by atoms with Gasteiger partial charge in [-0.2, -0.15) is 5.26 Å². The van der Waals surface area contributed by atoms with E-state index in [-0.39, 0.29) is 29.7 Å². The Hall–Kier alpha value is -4.29. The van der Waals surface area contributed by atoms with Gasteiger partial charge in [-0.3, -0.25) is 9.59 Å². The number of nitriles is 1. The minimum absolute atomic E-state index is 0.0633. The van der Waals surface area contributed by atoms with E-state index < -0.39 is 11.9 Å². The molecule has 3 rings (SSSR count). The summed E-state index contributed by atoms with van der Waals surface area (Å²) in [5.41, 5.74) is 8.29. The summed E-state index contributed by atoms with van der Waals surface area (Å²) in [6.45, 7) is 0.309. The Bertz CT molecular complexity index is 1250. The van der Waals surface area contributed by atoms with Gasteiger partial charge < -0.3 is 21.3 Å². The third-order valence-corrected chi connectivity index (χ3v) is 5.34. The lowest BCUT2D eigenvalue weighted by atomic mass is 10.0. The van der Waals surface area contributed by atoms with Crippen LogP contribution in [0, 0.1) is 17.1 Å². The van der Waals surface area contributed by atoms with Gasteiger partial charge in [-0.05, 0) is 42.3 Å². The summed E-state index contributed by atoms with van der Waals surface area (Å²) in [6.07, 6.45) is 0.490. The van der Waals surface area contributed by atoms with Crippen LogP contribution in [0.15, 0.2) is 60.7 Å². The van der Waals surface area contributed by atoms with Crippen molar-refractivity contribution in [3.63, 3.8) is 0 Å². The number of carbonyl (C=O) groups excluding carboxylic acids is 2. The van der Waals surface area contributed by atoms with Gasteiger partial charge in [0.25, 0.3) is 5.91 Å². The molecule has 0 radical (unpaired) electrons. The molecule has 0 spiro atoms. The molecule has 0 bridgehead atoms. The maximum Gasteiger partial charge on any atom is 0.255 e. The van der Waals surface area contributed by atoms with Gasteiger partial charge in [0.1, 0.15) is 17.7 Å². The molecule has 0 fully saturated rings. The number of halogens is 1. The second kappa shape index (κ2) is 11.7. The number of likely N-dealkylation sites (N-methyl/N-ethyl adjacent to an activating group) is 1. The second-order valence-electron chi connectivity index (χ2n) is 8.05. The van der Waals surface area contributed by atoms with Gasteiger partial charge in [0, 0.05) is 32.7 Å². The van der Waals surface area contributed by atoms with E-state index in [1.807, 2.05) is 6.07 Å². The fraction of sp³-hybridized carbons (Fsp3) is 0.231. The normalized spacial score (nSPS) is 11.3. The molecule has 2 aromatic carbocycles. The lowest BCUT2D eigenvalue weighted by Gasteiger charge is -2.21. The van der Waals surface area contributed by atoms with Crippen LogP contribution in [0.25, 0.3) is 11.3 Å².